The first-order chi connectivity index (χ1) is 13.5. The topological polar surface area (TPSA) is 55.8 Å². The highest BCUT2D eigenvalue weighted by molar-refractivity contribution is 5.79. The highest BCUT2D eigenvalue weighted by Crippen LogP contribution is 2.13. The minimum Gasteiger partial charge on any atom is -0.354 e. The van der Waals surface area contributed by atoms with Gasteiger partial charge in [0.2, 0.25) is 0 Å². The van der Waals surface area contributed by atoms with E-state index < -0.39 is 11.6 Å². The van der Waals surface area contributed by atoms with Gasteiger partial charge in [-0.05, 0) is 36.9 Å². The first-order valence-electron chi connectivity index (χ1n) is 9.32. The summed E-state index contributed by atoms with van der Waals surface area (Å²) in [5.41, 5.74) is 1.26. The minimum absolute atomic E-state index is 0.143. The fourth-order valence-electron chi connectivity index (χ4n) is 3.01. The third-order valence-corrected chi connectivity index (χ3v) is 4.77. The fraction of sp³-hybridized carbons (Fsp3) is 0.400. The molecule has 2 heterocycles. The maximum Gasteiger partial charge on any atom is 0.191 e. The Balaban J connectivity index is 1.50. The van der Waals surface area contributed by atoms with E-state index in [1.807, 2.05) is 18.3 Å². The lowest BCUT2D eigenvalue weighted by molar-refractivity contribution is 0.312. The molecule has 0 unspecified atom stereocenters. The number of hydrogen-bond acceptors (Lipinski definition) is 4. The van der Waals surface area contributed by atoms with Crippen LogP contribution in [0.25, 0.3) is 0 Å². The summed E-state index contributed by atoms with van der Waals surface area (Å²) in [5, 5.41) is 6.15. The molecular weight excluding hydrogens is 362 g/mol. The number of halogens is 2. The van der Waals surface area contributed by atoms with Crippen LogP contribution in [0, 0.1) is 11.6 Å². The Morgan fingerprint density at radius 1 is 1.07 bits per heavy atom. The van der Waals surface area contributed by atoms with Crippen molar-refractivity contribution < 1.29 is 8.78 Å². The molecule has 1 aliphatic heterocycles. The first-order valence-corrected chi connectivity index (χ1v) is 9.32. The molecule has 1 aliphatic rings. The second-order valence-electron chi connectivity index (χ2n) is 6.83. The Morgan fingerprint density at radius 2 is 1.82 bits per heavy atom. The van der Waals surface area contributed by atoms with Gasteiger partial charge in [-0.15, -0.1) is 0 Å². The molecule has 150 valence electrons. The number of nitrogens with zero attached hydrogens (tertiary/aromatic N) is 4. The molecule has 1 fully saturated rings. The van der Waals surface area contributed by atoms with Crippen LogP contribution in [-0.2, 0) is 13.1 Å². The molecule has 0 saturated carbocycles. The highest BCUT2D eigenvalue weighted by Gasteiger charge is 2.15. The number of likely N-dealkylation sites (N-methyl/N-ethyl adjacent to an activating group) is 1. The zero-order chi connectivity index (χ0) is 19.9. The van der Waals surface area contributed by atoms with Crippen LogP contribution in [0.15, 0.2) is 41.5 Å². The number of nitrogens with one attached hydrogen (secondary N) is 2. The predicted octanol–water partition coefficient (Wildman–Crippen LogP) is 1.98. The van der Waals surface area contributed by atoms with Gasteiger partial charge >= 0.3 is 0 Å². The van der Waals surface area contributed by atoms with Crippen molar-refractivity contribution in [3.63, 3.8) is 0 Å². The van der Waals surface area contributed by atoms with Crippen molar-refractivity contribution in [3.05, 3.63) is 59.3 Å². The van der Waals surface area contributed by atoms with Crippen LogP contribution < -0.4 is 15.5 Å². The van der Waals surface area contributed by atoms with E-state index in [1.165, 1.54) is 6.07 Å². The molecule has 1 aromatic carbocycles. The molecule has 0 amide bonds. The largest absolute Gasteiger partial charge is 0.354 e. The van der Waals surface area contributed by atoms with E-state index in [1.54, 1.807) is 7.05 Å². The molecule has 2 aromatic rings. The van der Waals surface area contributed by atoms with Crippen LogP contribution in [0.2, 0.25) is 0 Å². The van der Waals surface area contributed by atoms with Crippen molar-refractivity contribution in [3.8, 4) is 0 Å². The van der Waals surface area contributed by atoms with Crippen LogP contribution in [0.4, 0.5) is 14.6 Å². The molecule has 0 bridgehead atoms. The number of piperazine rings is 1. The van der Waals surface area contributed by atoms with Gasteiger partial charge in [-0.3, -0.25) is 4.99 Å². The van der Waals surface area contributed by atoms with E-state index in [4.69, 9.17) is 0 Å². The number of aliphatic imine (C=N–C) groups is 1. The van der Waals surface area contributed by atoms with Gasteiger partial charge in [0.25, 0.3) is 0 Å². The van der Waals surface area contributed by atoms with Crippen LogP contribution >= 0.6 is 0 Å². The van der Waals surface area contributed by atoms with Crippen LogP contribution in [0.3, 0.4) is 0 Å². The van der Waals surface area contributed by atoms with Gasteiger partial charge in [0.05, 0.1) is 0 Å². The van der Waals surface area contributed by atoms with Crippen LogP contribution in [-0.4, -0.2) is 56.1 Å². The molecule has 6 nitrogen and oxygen atoms in total. The van der Waals surface area contributed by atoms with E-state index in [0.29, 0.717) is 12.5 Å². The van der Waals surface area contributed by atoms with Crippen LogP contribution in [0.1, 0.15) is 11.1 Å². The summed E-state index contributed by atoms with van der Waals surface area (Å²) in [5.74, 6) is 0.577. The highest BCUT2D eigenvalue weighted by atomic mass is 19.1. The van der Waals surface area contributed by atoms with Crippen LogP contribution in [0.5, 0.6) is 0 Å². The maximum absolute atomic E-state index is 13.7. The SMILES string of the molecule is CN=C(NCc1ccc(N2CCN(C)CC2)nc1)NCc1cc(F)ccc1F. The van der Waals surface area contributed by atoms with Gasteiger partial charge < -0.3 is 20.4 Å². The lowest BCUT2D eigenvalue weighted by atomic mass is 10.2. The fourth-order valence-corrected chi connectivity index (χ4v) is 3.01. The Bertz CT molecular complexity index is 801. The average molecular weight is 388 g/mol. The van der Waals surface area contributed by atoms with Crippen molar-refractivity contribution in [1.82, 2.24) is 20.5 Å². The Hall–Kier alpha value is -2.74. The Kier molecular flexibility index (Phi) is 6.76. The third kappa shape index (κ3) is 5.39. The van der Waals surface area contributed by atoms with Gasteiger partial charge in [0, 0.05) is 58.1 Å². The van der Waals surface area contributed by atoms with Gasteiger partial charge in [-0.1, -0.05) is 6.07 Å². The molecule has 0 aliphatic carbocycles. The summed E-state index contributed by atoms with van der Waals surface area (Å²) < 4.78 is 27.0. The van der Waals surface area contributed by atoms with E-state index in [9.17, 15) is 8.78 Å². The smallest absolute Gasteiger partial charge is 0.191 e. The Morgan fingerprint density at radius 3 is 2.50 bits per heavy atom. The number of rotatable bonds is 5. The maximum atomic E-state index is 13.7. The average Bonchev–Trinajstić information content (AvgIpc) is 2.71. The lowest BCUT2D eigenvalue weighted by Crippen LogP contribution is -2.44. The molecule has 3 rings (SSSR count). The van der Waals surface area contributed by atoms with Gasteiger partial charge in [0.1, 0.15) is 17.5 Å². The molecule has 8 heteroatoms. The Labute approximate surface area is 164 Å². The summed E-state index contributed by atoms with van der Waals surface area (Å²) in [6.07, 6.45) is 1.85. The van der Waals surface area contributed by atoms with Gasteiger partial charge in [-0.25, -0.2) is 13.8 Å². The van der Waals surface area contributed by atoms with Crippen molar-refractivity contribution >= 4 is 11.8 Å². The van der Waals surface area contributed by atoms with Crippen molar-refractivity contribution in [1.29, 1.82) is 0 Å². The molecule has 0 spiro atoms. The second kappa shape index (κ2) is 9.45. The molecular formula is C20H26F2N6. The molecule has 0 atom stereocenters. The van der Waals surface area contributed by atoms with E-state index in [-0.39, 0.29) is 12.1 Å². The quantitative estimate of drug-likeness (QED) is 0.606. The van der Waals surface area contributed by atoms with Gasteiger partial charge in [-0.2, -0.15) is 0 Å². The lowest BCUT2D eigenvalue weighted by Gasteiger charge is -2.33. The number of guanidine groups is 1. The van der Waals surface area contributed by atoms with E-state index in [2.05, 4.69) is 37.5 Å². The van der Waals surface area contributed by atoms with E-state index >= 15 is 0 Å². The summed E-state index contributed by atoms with van der Waals surface area (Å²) in [6.45, 7) is 4.71. The zero-order valence-corrected chi connectivity index (χ0v) is 16.3. The number of anilines is 1. The van der Waals surface area contributed by atoms with Crippen molar-refractivity contribution in [2.45, 2.75) is 13.1 Å². The molecule has 1 aromatic heterocycles. The monoisotopic (exact) mass is 388 g/mol. The molecule has 28 heavy (non-hydrogen) atoms. The summed E-state index contributed by atoms with van der Waals surface area (Å²) in [7, 11) is 3.76. The number of aromatic nitrogens is 1. The standard InChI is InChI=1S/C20H26F2N6/c1-23-20(26-14-16-11-17(21)4-5-18(16)22)25-13-15-3-6-19(24-12-15)28-9-7-27(2)8-10-28/h3-6,11-12H,7-10,13-14H2,1-2H3,(H2,23,25,26). The summed E-state index contributed by atoms with van der Waals surface area (Å²) in [4.78, 5) is 13.3. The number of hydrogen-bond donors (Lipinski definition) is 2. The normalized spacial score (nSPS) is 15.6. The van der Waals surface area contributed by atoms with Crippen molar-refractivity contribution in [2.24, 2.45) is 4.99 Å². The van der Waals surface area contributed by atoms with E-state index in [0.717, 1.165) is 49.7 Å². The predicted molar refractivity (Wildman–Crippen MR) is 107 cm³/mol. The minimum atomic E-state index is -0.465. The molecule has 2 N–H and O–H groups in total. The summed E-state index contributed by atoms with van der Waals surface area (Å²) in [6, 6.07) is 7.46. The number of pyridine rings is 1. The number of benzene rings is 1. The molecule has 0 radical (unpaired) electrons. The summed E-state index contributed by atoms with van der Waals surface area (Å²) >= 11 is 0. The first kappa shape index (κ1) is 20.0. The molecule has 1 saturated heterocycles. The second-order valence-corrected chi connectivity index (χ2v) is 6.83. The third-order valence-electron chi connectivity index (χ3n) is 4.77. The zero-order valence-electron chi connectivity index (χ0n) is 16.3. The van der Waals surface area contributed by atoms with Gasteiger partial charge in [0.15, 0.2) is 5.96 Å². The van der Waals surface area contributed by atoms with Crippen molar-refractivity contribution in [2.75, 3.05) is 45.2 Å².